The SMILES string of the molecule is Cn1c(=O)n(CCC(=O)Nc2nc(-c3cccc(F)c3)cs2)c2ccccc21. The predicted octanol–water partition coefficient (Wildman–Crippen LogP) is 3.63. The van der Waals surface area contributed by atoms with Crippen molar-refractivity contribution in [2.75, 3.05) is 5.32 Å². The fourth-order valence-corrected chi connectivity index (χ4v) is 3.82. The van der Waals surface area contributed by atoms with Crippen LogP contribution in [-0.4, -0.2) is 20.0 Å². The number of carbonyl (C=O) groups is 1. The maximum absolute atomic E-state index is 13.4. The van der Waals surface area contributed by atoms with Gasteiger partial charge in [0.1, 0.15) is 5.82 Å². The van der Waals surface area contributed by atoms with Crippen LogP contribution in [0.3, 0.4) is 0 Å². The molecule has 0 aliphatic heterocycles. The summed E-state index contributed by atoms with van der Waals surface area (Å²) in [5.41, 5.74) is 2.72. The molecule has 2 aromatic carbocycles. The third-order valence-electron chi connectivity index (χ3n) is 4.49. The summed E-state index contributed by atoms with van der Waals surface area (Å²) >= 11 is 1.27. The summed E-state index contributed by atoms with van der Waals surface area (Å²) in [6.07, 6.45) is 0.142. The Kier molecular flexibility index (Phi) is 4.79. The van der Waals surface area contributed by atoms with Gasteiger partial charge in [-0.25, -0.2) is 14.2 Å². The average molecular weight is 396 g/mol. The maximum atomic E-state index is 13.4. The van der Waals surface area contributed by atoms with E-state index in [-0.39, 0.29) is 30.4 Å². The van der Waals surface area contributed by atoms with E-state index < -0.39 is 0 Å². The standard InChI is InChI=1S/C20H17FN4O2S/c1-24-16-7-2-3-8-17(16)25(20(24)27)10-9-18(26)23-19-22-15(12-28-19)13-5-4-6-14(21)11-13/h2-8,11-12H,9-10H2,1H3,(H,22,23,26). The van der Waals surface area contributed by atoms with E-state index in [9.17, 15) is 14.0 Å². The second kappa shape index (κ2) is 7.40. The smallest absolute Gasteiger partial charge is 0.302 e. The summed E-state index contributed by atoms with van der Waals surface area (Å²) in [5.74, 6) is -0.573. The number of amides is 1. The lowest BCUT2D eigenvalue weighted by molar-refractivity contribution is -0.116. The Morgan fingerprint density at radius 1 is 1.18 bits per heavy atom. The number of hydrogen-bond donors (Lipinski definition) is 1. The topological polar surface area (TPSA) is 68.9 Å². The van der Waals surface area contributed by atoms with Gasteiger partial charge in [0, 0.05) is 31.0 Å². The van der Waals surface area contributed by atoms with Gasteiger partial charge in [-0.2, -0.15) is 0 Å². The zero-order chi connectivity index (χ0) is 19.7. The first-order chi connectivity index (χ1) is 13.5. The van der Waals surface area contributed by atoms with Gasteiger partial charge in [0.25, 0.3) is 0 Å². The van der Waals surface area contributed by atoms with Gasteiger partial charge in [0.15, 0.2) is 5.13 Å². The van der Waals surface area contributed by atoms with Crippen LogP contribution >= 0.6 is 11.3 Å². The Hall–Kier alpha value is -3.26. The first-order valence-electron chi connectivity index (χ1n) is 8.68. The first-order valence-corrected chi connectivity index (χ1v) is 9.56. The summed E-state index contributed by atoms with van der Waals surface area (Å²) in [6, 6.07) is 13.6. The van der Waals surface area contributed by atoms with Crippen molar-refractivity contribution in [2.45, 2.75) is 13.0 Å². The number of hydrogen-bond acceptors (Lipinski definition) is 4. The maximum Gasteiger partial charge on any atom is 0.328 e. The number of carbonyl (C=O) groups excluding carboxylic acids is 1. The van der Waals surface area contributed by atoms with Crippen LogP contribution in [0.4, 0.5) is 9.52 Å². The lowest BCUT2D eigenvalue weighted by atomic mass is 10.2. The number of anilines is 1. The largest absolute Gasteiger partial charge is 0.328 e. The molecular formula is C20H17FN4O2S. The molecule has 4 aromatic rings. The zero-order valence-electron chi connectivity index (χ0n) is 15.1. The Balaban J connectivity index is 1.45. The van der Waals surface area contributed by atoms with Crippen molar-refractivity contribution < 1.29 is 9.18 Å². The molecule has 0 bridgehead atoms. The average Bonchev–Trinajstić information content (AvgIpc) is 3.24. The number of nitrogens with zero attached hydrogens (tertiary/aromatic N) is 3. The van der Waals surface area contributed by atoms with Crippen molar-refractivity contribution in [3.8, 4) is 11.3 Å². The van der Waals surface area contributed by atoms with Crippen molar-refractivity contribution >= 4 is 33.4 Å². The molecule has 28 heavy (non-hydrogen) atoms. The number of imidazole rings is 1. The molecule has 6 nitrogen and oxygen atoms in total. The van der Waals surface area contributed by atoms with E-state index in [0.29, 0.717) is 16.4 Å². The highest BCUT2D eigenvalue weighted by molar-refractivity contribution is 7.14. The van der Waals surface area contributed by atoms with E-state index in [0.717, 1.165) is 11.0 Å². The molecule has 0 radical (unpaired) electrons. The molecule has 0 atom stereocenters. The third-order valence-corrected chi connectivity index (χ3v) is 5.24. The van der Waals surface area contributed by atoms with Crippen molar-refractivity contribution in [1.82, 2.24) is 14.1 Å². The van der Waals surface area contributed by atoms with E-state index in [1.807, 2.05) is 24.3 Å². The highest BCUT2D eigenvalue weighted by Gasteiger charge is 2.13. The van der Waals surface area contributed by atoms with Gasteiger partial charge in [-0.1, -0.05) is 24.3 Å². The lowest BCUT2D eigenvalue weighted by Crippen LogP contribution is -2.24. The number of thiazole rings is 1. The quantitative estimate of drug-likeness (QED) is 0.560. The van der Waals surface area contributed by atoms with Crippen LogP contribution in [0.5, 0.6) is 0 Å². The molecule has 2 aromatic heterocycles. The molecule has 0 spiro atoms. The fraction of sp³-hybridized carbons (Fsp3) is 0.150. The highest BCUT2D eigenvalue weighted by atomic mass is 32.1. The molecule has 0 saturated carbocycles. The minimum atomic E-state index is -0.336. The molecule has 4 rings (SSSR count). The van der Waals surface area contributed by atoms with E-state index in [2.05, 4.69) is 10.3 Å². The van der Waals surface area contributed by atoms with Gasteiger partial charge in [0.2, 0.25) is 5.91 Å². The minimum absolute atomic E-state index is 0.142. The summed E-state index contributed by atoms with van der Waals surface area (Å²) < 4.78 is 16.5. The Labute approximate surface area is 163 Å². The van der Waals surface area contributed by atoms with Crippen LogP contribution in [0.15, 0.2) is 58.7 Å². The predicted molar refractivity (Wildman–Crippen MR) is 108 cm³/mol. The molecule has 0 fully saturated rings. The van der Waals surface area contributed by atoms with E-state index in [4.69, 9.17) is 0 Å². The zero-order valence-corrected chi connectivity index (χ0v) is 15.9. The molecule has 8 heteroatoms. The Morgan fingerprint density at radius 3 is 2.75 bits per heavy atom. The number of aromatic nitrogens is 3. The monoisotopic (exact) mass is 396 g/mol. The molecule has 2 heterocycles. The van der Waals surface area contributed by atoms with Crippen LogP contribution in [-0.2, 0) is 18.4 Å². The molecular weight excluding hydrogens is 379 g/mol. The van der Waals surface area contributed by atoms with Gasteiger partial charge >= 0.3 is 5.69 Å². The lowest BCUT2D eigenvalue weighted by Gasteiger charge is -2.04. The number of fused-ring (bicyclic) bond motifs is 1. The minimum Gasteiger partial charge on any atom is -0.302 e. The fourth-order valence-electron chi connectivity index (χ4n) is 3.09. The number of para-hydroxylation sites is 2. The van der Waals surface area contributed by atoms with E-state index in [1.54, 1.807) is 33.7 Å². The van der Waals surface area contributed by atoms with Crippen molar-refractivity contribution in [3.05, 3.63) is 70.2 Å². The second-order valence-corrected chi connectivity index (χ2v) is 7.19. The Morgan fingerprint density at radius 2 is 1.96 bits per heavy atom. The van der Waals surface area contributed by atoms with Crippen LogP contribution in [0, 0.1) is 5.82 Å². The summed E-state index contributed by atoms with van der Waals surface area (Å²) in [7, 11) is 1.71. The number of aryl methyl sites for hydroxylation is 2. The van der Waals surface area contributed by atoms with Crippen LogP contribution in [0.25, 0.3) is 22.3 Å². The van der Waals surface area contributed by atoms with Crippen LogP contribution < -0.4 is 11.0 Å². The summed E-state index contributed by atoms with van der Waals surface area (Å²) in [6.45, 7) is 0.272. The third kappa shape index (κ3) is 3.46. The first kappa shape index (κ1) is 18.1. The second-order valence-electron chi connectivity index (χ2n) is 6.33. The molecule has 1 N–H and O–H groups in total. The molecule has 142 valence electrons. The van der Waals surface area contributed by atoms with Gasteiger partial charge in [0.05, 0.1) is 16.7 Å². The number of benzene rings is 2. The van der Waals surface area contributed by atoms with E-state index in [1.165, 1.54) is 23.5 Å². The summed E-state index contributed by atoms with van der Waals surface area (Å²) in [4.78, 5) is 29.0. The summed E-state index contributed by atoms with van der Waals surface area (Å²) in [5, 5.41) is 4.95. The van der Waals surface area contributed by atoms with Crippen molar-refractivity contribution in [1.29, 1.82) is 0 Å². The number of halogens is 1. The van der Waals surface area contributed by atoms with Gasteiger partial charge in [-0.15, -0.1) is 11.3 Å². The van der Waals surface area contributed by atoms with Crippen LogP contribution in [0.1, 0.15) is 6.42 Å². The van der Waals surface area contributed by atoms with Gasteiger partial charge in [-0.3, -0.25) is 13.9 Å². The Bertz CT molecular complexity index is 1220. The van der Waals surface area contributed by atoms with E-state index >= 15 is 0 Å². The molecule has 0 saturated heterocycles. The molecule has 0 unspecified atom stereocenters. The number of rotatable bonds is 5. The van der Waals surface area contributed by atoms with Gasteiger partial charge in [-0.05, 0) is 24.3 Å². The molecule has 0 aliphatic carbocycles. The van der Waals surface area contributed by atoms with Crippen LogP contribution in [0.2, 0.25) is 0 Å². The highest BCUT2D eigenvalue weighted by Crippen LogP contribution is 2.25. The van der Waals surface area contributed by atoms with Crippen molar-refractivity contribution in [3.63, 3.8) is 0 Å². The molecule has 0 aliphatic rings. The molecule has 1 amide bonds. The normalized spacial score (nSPS) is 11.1. The van der Waals surface area contributed by atoms with Gasteiger partial charge < -0.3 is 5.32 Å². The van der Waals surface area contributed by atoms with Crippen molar-refractivity contribution in [2.24, 2.45) is 7.05 Å². The number of nitrogens with one attached hydrogen (secondary N) is 1.